The van der Waals surface area contributed by atoms with E-state index in [0.717, 1.165) is 11.1 Å². The van der Waals surface area contributed by atoms with E-state index in [2.05, 4.69) is 20.6 Å². The molecule has 2 amide bonds. The van der Waals surface area contributed by atoms with Gasteiger partial charge in [-0.05, 0) is 49.2 Å². The van der Waals surface area contributed by atoms with E-state index in [-0.39, 0.29) is 23.3 Å². The molecule has 23 heavy (non-hydrogen) atoms. The molecule has 2 aromatic heterocycles. The first-order valence-corrected chi connectivity index (χ1v) is 8.21. The molecule has 0 spiro atoms. The number of thioether (sulfide) groups is 1. The van der Waals surface area contributed by atoms with Crippen LogP contribution in [0.2, 0.25) is 0 Å². The third kappa shape index (κ3) is 6.07. The maximum absolute atomic E-state index is 11.8. The highest BCUT2D eigenvalue weighted by Crippen LogP contribution is 2.09. The molecule has 2 heterocycles. The SMILES string of the molecule is Cc1ccnc(NC(=O)CSCC(=O)Nc2cc(C)ccn2)c1. The summed E-state index contributed by atoms with van der Waals surface area (Å²) in [7, 11) is 0. The summed E-state index contributed by atoms with van der Waals surface area (Å²) in [6.07, 6.45) is 3.28. The van der Waals surface area contributed by atoms with Crippen LogP contribution in [-0.2, 0) is 9.59 Å². The second-order valence-electron chi connectivity index (χ2n) is 5.03. The molecule has 2 N–H and O–H groups in total. The second-order valence-corrected chi connectivity index (χ2v) is 6.01. The molecule has 0 aliphatic rings. The van der Waals surface area contributed by atoms with E-state index in [4.69, 9.17) is 0 Å². The summed E-state index contributed by atoms with van der Waals surface area (Å²) in [5.41, 5.74) is 2.04. The molecule has 0 bridgehead atoms. The summed E-state index contributed by atoms with van der Waals surface area (Å²) in [6, 6.07) is 7.29. The van der Waals surface area contributed by atoms with Crippen molar-refractivity contribution in [3.05, 3.63) is 47.8 Å². The van der Waals surface area contributed by atoms with Crippen LogP contribution < -0.4 is 10.6 Å². The summed E-state index contributed by atoms with van der Waals surface area (Å²) in [5.74, 6) is 1.03. The Kier molecular flexibility index (Phi) is 6.10. The fourth-order valence-electron chi connectivity index (χ4n) is 1.80. The average Bonchev–Trinajstić information content (AvgIpc) is 2.47. The zero-order valence-electron chi connectivity index (χ0n) is 13.0. The number of aryl methyl sites for hydroxylation is 2. The van der Waals surface area contributed by atoms with Crippen molar-refractivity contribution in [1.29, 1.82) is 0 Å². The van der Waals surface area contributed by atoms with Crippen LogP contribution in [0.4, 0.5) is 11.6 Å². The van der Waals surface area contributed by atoms with Crippen LogP contribution in [0.1, 0.15) is 11.1 Å². The quantitative estimate of drug-likeness (QED) is 0.850. The molecule has 0 aliphatic heterocycles. The van der Waals surface area contributed by atoms with E-state index in [9.17, 15) is 9.59 Å². The molecule has 0 fully saturated rings. The van der Waals surface area contributed by atoms with Crippen LogP contribution in [0, 0.1) is 13.8 Å². The van der Waals surface area contributed by atoms with E-state index in [1.54, 1.807) is 24.5 Å². The standard InChI is InChI=1S/C16H18N4O2S/c1-11-3-5-17-13(7-11)19-15(21)9-23-10-16(22)20-14-8-12(2)4-6-18-14/h3-8H,9-10H2,1-2H3,(H,17,19,21)(H,18,20,22). The lowest BCUT2D eigenvalue weighted by Gasteiger charge is -2.06. The molecule has 2 aromatic rings. The Bertz CT molecular complexity index is 646. The summed E-state index contributed by atoms with van der Waals surface area (Å²) < 4.78 is 0. The summed E-state index contributed by atoms with van der Waals surface area (Å²) >= 11 is 1.24. The van der Waals surface area contributed by atoms with Crippen molar-refractivity contribution < 1.29 is 9.59 Å². The molecule has 7 heteroatoms. The lowest BCUT2D eigenvalue weighted by Crippen LogP contribution is -2.19. The monoisotopic (exact) mass is 330 g/mol. The normalized spacial score (nSPS) is 10.2. The Morgan fingerprint density at radius 1 is 0.913 bits per heavy atom. The summed E-state index contributed by atoms with van der Waals surface area (Å²) in [4.78, 5) is 31.7. The van der Waals surface area contributed by atoms with Crippen LogP contribution in [0.3, 0.4) is 0 Å². The maximum Gasteiger partial charge on any atom is 0.235 e. The lowest BCUT2D eigenvalue weighted by molar-refractivity contribution is -0.114. The second kappa shape index (κ2) is 8.28. The van der Waals surface area contributed by atoms with Gasteiger partial charge in [-0.25, -0.2) is 9.97 Å². The van der Waals surface area contributed by atoms with Gasteiger partial charge in [-0.3, -0.25) is 9.59 Å². The number of carbonyl (C=O) groups is 2. The molecule has 0 atom stereocenters. The predicted octanol–water partition coefficient (Wildman–Crippen LogP) is 2.40. The van der Waals surface area contributed by atoms with Crippen molar-refractivity contribution >= 4 is 35.2 Å². The highest BCUT2D eigenvalue weighted by atomic mass is 32.2. The van der Waals surface area contributed by atoms with Gasteiger partial charge >= 0.3 is 0 Å². The molecule has 0 radical (unpaired) electrons. The van der Waals surface area contributed by atoms with E-state index in [1.807, 2.05) is 26.0 Å². The number of hydrogen-bond acceptors (Lipinski definition) is 5. The minimum absolute atomic E-state index is 0.185. The summed E-state index contributed by atoms with van der Waals surface area (Å²) in [6.45, 7) is 3.85. The van der Waals surface area contributed by atoms with Crippen molar-refractivity contribution in [2.24, 2.45) is 0 Å². The number of amides is 2. The van der Waals surface area contributed by atoms with Crippen molar-refractivity contribution in [1.82, 2.24) is 9.97 Å². The van der Waals surface area contributed by atoms with Gasteiger partial charge in [-0.2, -0.15) is 0 Å². The molecule has 2 rings (SSSR count). The first-order valence-electron chi connectivity index (χ1n) is 7.06. The Balaban J connectivity index is 1.71. The number of nitrogens with one attached hydrogen (secondary N) is 2. The zero-order chi connectivity index (χ0) is 16.7. The van der Waals surface area contributed by atoms with Crippen molar-refractivity contribution in [2.45, 2.75) is 13.8 Å². The molecule has 0 aliphatic carbocycles. The molecular weight excluding hydrogens is 312 g/mol. The van der Waals surface area contributed by atoms with E-state index in [0.29, 0.717) is 11.6 Å². The zero-order valence-corrected chi connectivity index (χ0v) is 13.8. The minimum Gasteiger partial charge on any atom is -0.310 e. The van der Waals surface area contributed by atoms with Gasteiger partial charge in [0, 0.05) is 12.4 Å². The van der Waals surface area contributed by atoms with Crippen molar-refractivity contribution in [3.8, 4) is 0 Å². The molecule has 0 saturated heterocycles. The highest BCUT2D eigenvalue weighted by Gasteiger charge is 2.07. The van der Waals surface area contributed by atoms with Crippen molar-refractivity contribution in [3.63, 3.8) is 0 Å². The first kappa shape index (κ1) is 17.0. The van der Waals surface area contributed by atoms with Gasteiger partial charge in [0.1, 0.15) is 11.6 Å². The van der Waals surface area contributed by atoms with Crippen LogP contribution in [0.5, 0.6) is 0 Å². The van der Waals surface area contributed by atoms with Crippen LogP contribution >= 0.6 is 11.8 Å². The fraction of sp³-hybridized carbons (Fsp3) is 0.250. The number of anilines is 2. The van der Waals surface area contributed by atoms with E-state index in [1.165, 1.54) is 11.8 Å². The number of aromatic nitrogens is 2. The fourth-order valence-corrected chi connectivity index (χ4v) is 2.42. The van der Waals surface area contributed by atoms with Gasteiger partial charge in [0.25, 0.3) is 0 Å². The van der Waals surface area contributed by atoms with Crippen molar-refractivity contribution in [2.75, 3.05) is 22.1 Å². The van der Waals surface area contributed by atoms with E-state index < -0.39 is 0 Å². The lowest BCUT2D eigenvalue weighted by atomic mass is 10.3. The number of pyridine rings is 2. The number of rotatable bonds is 6. The summed E-state index contributed by atoms with van der Waals surface area (Å²) in [5, 5.41) is 5.40. The largest absolute Gasteiger partial charge is 0.310 e. The molecule has 0 unspecified atom stereocenters. The third-order valence-electron chi connectivity index (χ3n) is 2.83. The smallest absolute Gasteiger partial charge is 0.235 e. The van der Waals surface area contributed by atoms with Gasteiger partial charge in [-0.1, -0.05) is 0 Å². The highest BCUT2D eigenvalue weighted by molar-refractivity contribution is 8.00. The van der Waals surface area contributed by atoms with Crippen LogP contribution in [0.25, 0.3) is 0 Å². The topological polar surface area (TPSA) is 84.0 Å². The maximum atomic E-state index is 11.8. The number of carbonyl (C=O) groups excluding carboxylic acids is 2. The van der Waals surface area contributed by atoms with Crippen LogP contribution in [-0.4, -0.2) is 33.3 Å². The average molecular weight is 330 g/mol. The van der Waals surface area contributed by atoms with Crippen LogP contribution in [0.15, 0.2) is 36.7 Å². The molecule has 120 valence electrons. The van der Waals surface area contributed by atoms with E-state index >= 15 is 0 Å². The Hall–Kier alpha value is -2.41. The van der Waals surface area contributed by atoms with Gasteiger partial charge in [-0.15, -0.1) is 11.8 Å². The number of hydrogen-bond donors (Lipinski definition) is 2. The van der Waals surface area contributed by atoms with Gasteiger partial charge in [0.2, 0.25) is 11.8 Å². The molecule has 6 nitrogen and oxygen atoms in total. The predicted molar refractivity (Wildman–Crippen MR) is 92.5 cm³/mol. The van der Waals surface area contributed by atoms with Gasteiger partial charge in [0.15, 0.2) is 0 Å². The minimum atomic E-state index is -0.186. The first-order chi connectivity index (χ1) is 11.0. The third-order valence-corrected chi connectivity index (χ3v) is 3.76. The number of nitrogens with zero attached hydrogens (tertiary/aromatic N) is 2. The Labute approximate surface area is 139 Å². The molecule has 0 aromatic carbocycles. The van der Waals surface area contributed by atoms with Gasteiger partial charge < -0.3 is 10.6 Å². The van der Waals surface area contributed by atoms with Gasteiger partial charge in [0.05, 0.1) is 11.5 Å². The molecule has 0 saturated carbocycles. The Morgan fingerprint density at radius 2 is 1.35 bits per heavy atom. The molecular formula is C16H18N4O2S. The Morgan fingerprint density at radius 3 is 1.74 bits per heavy atom.